The largest absolute Gasteiger partial charge is 0.489 e. The molecule has 0 radical (unpaired) electrons. The molecule has 19 heavy (non-hydrogen) atoms. The van der Waals surface area contributed by atoms with Crippen molar-refractivity contribution in [3.63, 3.8) is 0 Å². The molecule has 2 aromatic rings. The van der Waals surface area contributed by atoms with Crippen molar-refractivity contribution in [2.45, 2.75) is 11.5 Å². The summed E-state index contributed by atoms with van der Waals surface area (Å²) in [7, 11) is -3.17. The van der Waals surface area contributed by atoms with E-state index in [9.17, 15) is 8.42 Å². The monoisotopic (exact) mass is 296 g/mol. The predicted octanol–water partition coefficient (Wildman–Crippen LogP) is 3.32. The minimum atomic E-state index is -3.17. The third-order valence-corrected chi connectivity index (χ3v) is 3.91. The highest BCUT2D eigenvalue weighted by atomic mass is 35.5. The van der Waals surface area contributed by atoms with Crippen LogP contribution in [0.15, 0.2) is 53.4 Å². The molecule has 3 nitrogen and oxygen atoms in total. The first kappa shape index (κ1) is 13.9. The van der Waals surface area contributed by atoms with E-state index in [-0.39, 0.29) is 4.90 Å². The minimum Gasteiger partial charge on any atom is -0.489 e. The second-order valence-electron chi connectivity index (χ2n) is 4.16. The average molecular weight is 297 g/mol. The summed E-state index contributed by atoms with van der Waals surface area (Å²) in [5, 5.41) is 0.661. The van der Waals surface area contributed by atoms with Crippen LogP contribution >= 0.6 is 11.6 Å². The summed E-state index contributed by atoms with van der Waals surface area (Å²) in [5.41, 5.74) is 0.958. The summed E-state index contributed by atoms with van der Waals surface area (Å²) in [6.45, 7) is 0.388. The van der Waals surface area contributed by atoms with Gasteiger partial charge in [-0.25, -0.2) is 8.42 Å². The molecule has 0 heterocycles. The zero-order valence-electron chi connectivity index (χ0n) is 10.3. The highest BCUT2D eigenvalue weighted by molar-refractivity contribution is 7.90. The van der Waals surface area contributed by atoms with Crippen molar-refractivity contribution in [3.05, 3.63) is 59.1 Å². The van der Waals surface area contributed by atoms with Gasteiger partial charge >= 0.3 is 0 Å². The van der Waals surface area contributed by atoms with Gasteiger partial charge in [0.1, 0.15) is 12.4 Å². The Morgan fingerprint density at radius 1 is 1.11 bits per heavy atom. The van der Waals surface area contributed by atoms with E-state index in [0.29, 0.717) is 17.4 Å². The molecular weight excluding hydrogens is 284 g/mol. The van der Waals surface area contributed by atoms with E-state index in [0.717, 1.165) is 5.56 Å². The van der Waals surface area contributed by atoms with Crippen LogP contribution in [0.1, 0.15) is 5.56 Å². The Hall–Kier alpha value is -1.52. The normalized spacial score (nSPS) is 11.3. The molecule has 0 saturated heterocycles. The molecule has 0 spiro atoms. The first-order valence-corrected chi connectivity index (χ1v) is 7.89. The highest BCUT2D eigenvalue weighted by Crippen LogP contribution is 2.18. The van der Waals surface area contributed by atoms with E-state index in [2.05, 4.69) is 0 Å². The number of rotatable bonds is 4. The standard InChI is InChI=1S/C14H13ClO3S/c1-19(16,17)14-7-5-13(6-8-14)18-10-11-3-2-4-12(15)9-11/h2-9H,10H2,1H3. The molecule has 0 aliphatic heterocycles. The van der Waals surface area contributed by atoms with Crippen molar-refractivity contribution in [1.29, 1.82) is 0 Å². The molecule has 0 saturated carbocycles. The second-order valence-corrected chi connectivity index (χ2v) is 6.61. The fourth-order valence-corrected chi connectivity index (χ4v) is 2.42. The van der Waals surface area contributed by atoms with Gasteiger partial charge in [0.2, 0.25) is 0 Å². The summed E-state index contributed by atoms with van der Waals surface area (Å²) in [6.07, 6.45) is 1.18. The van der Waals surface area contributed by atoms with E-state index in [4.69, 9.17) is 16.3 Å². The average Bonchev–Trinajstić information content (AvgIpc) is 2.36. The zero-order valence-corrected chi connectivity index (χ0v) is 11.9. The Balaban J connectivity index is 2.05. The van der Waals surface area contributed by atoms with Crippen LogP contribution in [0.25, 0.3) is 0 Å². The van der Waals surface area contributed by atoms with Gasteiger partial charge in [-0.1, -0.05) is 23.7 Å². The molecule has 0 aromatic heterocycles. The lowest BCUT2D eigenvalue weighted by Gasteiger charge is -2.07. The minimum absolute atomic E-state index is 0.280. The van der Waals surface area contributed by atoms with E-state index >= 15 is 0 Å². The van der Waals surface area contributed by atoms with Crippen molar-refractivity contribution < 1.29 is 13.2 Å². The van der Waals surface area contributed by atoms with E-state index in [1.54, 1.807) is 18.2 Å². The molecule has 2 aromatic carbocycles. The van der Waals surface area contributed by atoms with Gasteiger partial charge in [0.15, 0.2) is 9.84 Å². The molecule has 2 rings (SSSR count). The maximum absolute atomic E-state index is 11.3. The number of hydrogen-bond acceptors (Lipinski definition) is 3. The van der Waals surface area contributed by atoms with Crippen LogP contribution in [-0.4, -0.2) is 14.7 Å². The van der Waals surface area contributed by atoms with E-state index < -0.39 is 9.84 Å². The predicted molar refractivity (Wildman–Crippen MR) is 75.3 cm³/mol. The van der Waals surface area contributed by atoms with Gasteiger partial charge in [-0.2, -0.15) is 0 Å². The number of sulfone groups is 1. The molecule has 0 amide bonds. The Labute approximate surface area is 117 Å². The summed E-state index contributed by atoms with van der Waals surface area (Å²) >= 11 is 5.88. The maximum Gasteiger partial charge on any atom is 0.175 e. The fourth-order valence-electron chi connectivity index (χ4n) is 1.58. The number of ether oxygens (including phenoxy) is 1. The van der Waals surface area contributed by atoms with Crippen molar-refractivity contribution in [3.8, 4) is 5.75 Å². The molecule has 5 heteroatoms. The third kappa shape index (κ3) is 3.98. The lowest BCUT2D eigenvalue weighted by atomic mass is 10.2. The molecule has 0 N–H and O–H groups in total. The summed E-state index contributed by atoms with van der Waals surface area (Å²) < 4.78 is 28.2. The Morgan fingerprint density at radius 3 is 2.37 bits per heavy atom. The maximum atomic E-state index is 11.3. The van der Waals surface area contributed by atoms with Crippen LogP contribution in [-0.2, 0) is 16.4 Å². The smallest absolute Gasteiger partial charge is 0.175 e. The summed E-state index contributed by atoms with van der Waals surface area (Å²) in [4.78, 5) is 0.280. The molecule has 100 valence electrons. The van der Waals surface area contributed by atoms with Crippen molar-refractivity contribution in [1.82, 2.24) is 0 Å². The van der Waals surface area contributed by atoms with Gasteiger partial charge < -0.3 is 4.74 Å². The van der Waals surface area contributed by atoms with E-state index in [1.165, 1.54) is 18.4 Å². The van der Waals surface area contributed by atoms with Crippen LogP contribution in [0.2, 0.25) is 5.02 Å². The van der Waals surface area contributed by atoms with Crippen LogP contribution in [0.4, 0.5) is 0 Å². The topological polar surface area (TPSA) is 43.4 Å². The molecular formula is C14H13ClO3S. The molecule has 0 aliphatic carbocycles. The van der Waals surface area contributed by atoms with Gasteiger partial charge in [-0.3, -0.25) is 0 Å². The molecule has 0 fully saturated rings. The number of benzene rings is 2. The van der Waals surface area contributed by atoms with Gasteiger partial charge in [-0.15, -0.1) is 0 Å². The first-order valence-electron chi connectivity index (χ1n) is 5.62. The van der Waals surface area contributed by atoms with Crippen molar-refractivity contribution >= 4 is 21.4 Å². The van der Waals surface area contributed by atoms with Gasteiger partial charge in [0.25, 0.3) is 0 Å². The van der Waals surface area contributed by atoms with Crippen molar-refractivity contribution in [2.75, 3.05) is 6.26 Å². The molecule has 0 bridgehead atoms. The van der Waals surface area contributed by atoms with Crippen molar-refractivity contribution in [2.24, 2.45) is 0 Å². The van der Waals surface area contributed by atoms with E-state index in [1.807, 2.05) is 18.2 Å². The zero-order chi connectivity index (χ0) is 13.9. The molecule has 0 unspecified atom stereocenters. The second kappa shape index (κ2) is 5.63. The summed E-state index contributed by atoms with van der Waals surface area (Å²) in [6, 6.07) is 13.7. The lowest BCUT2D eigenvalue weighted by Crippen LogP contribution is -1.98. The number of halogens is 1. The lowest BCUT2D eigenvalue weighted by molar-refractivity contribution is 0.306. The SMILES string of the molecule is CS(=O)(=O)c1ccc(OCc2cccc(Cl)c2)cc1. The van der Waals surface area contributed by atoms with Gasteiger partial charge in [0.05, 0.1) is 4.90 Å². The van der Waals surface area contributed by atoms with Gasteiger partial charge in [-0.05, 0) is 42.0 Å². The molecule has 0 atom stereocenters. The highest BCUT2D eigenvalue weighted by Gasteiger charge is 2.06. The van der Waals surface area contributed by atoms with Crippen LogP contribution in [0, 0.1) is 0 Å². The molecule has 0 aliphatic rings. The first-order chi connectivity index (χ1) is 8.95. The summed E-state index contributed by atoms with van der Waals surface area (Å²) in [5.74, 6) is 0.618. The Morgan fingerprint density at radius 2 is 1.79 bits per heavy atom. The van der Waals surface area contributed by atoms with Crippen LogP contribution < -0.4 is 4.74 Å². The number of hydrogen-bond donors (Lipinski definition) is 0. The Kier molecular flexibility index (Phi) is 4.12. The van der Waals surface area contributed by atoms with Gasteiger partial charge in [0, 0.05) is 11.3 Å². The fraction of sp³-hybridized carbons (Fsp3) is 0.143. The Bertz CT molecular complexity index is 663. The third-order valence-electron chi connectivity index (χ3n) is 2.55. The quantitative estimate of drug-likeness (QED) is 0.869. The van der Waals surface area contributed by atoms with Crippen LogP contribution in [0.5, 0.6) is 5.75 Å². The van der Waals surface area contributed by atoms with Crippen LogP contribution in [0.3, 0.4) is 0 Å².